The highest BCUT2D eigenvalue weighted by Crippen LogP contribution is 2.38. The van der Waals surface area contributed by atoms with E-state index < -0.39 is 77.7 Å². The highest BCUT2D eigenvalue weighted by atomic mass is 16.7. The maximum absolute atomic E-state index is 13.4. The first-order chi connectivity index (χ1) is 21.8. The molecular formula is C33H62N2O12. The van der Waals surface area contributed by atoms with Crippen LogP contribution in [0.15, 0.2) is 5.16 Å². The molecule has 2 saturated heterocycles. The van der Waals surface area contributed by atoms with Crippen molar-refractivity contribution in [2.45, 2.75) is 135 Å². The van der Waals surface area contributed by atoms with Crippen molar-refractivity contribution in [3.63, 3.8) is 0 Å². The zero-order valence-corrected chi connectivity index (χ0v) is 30.2. The molecule has 276 valence electrons. The van der Waals surface area contributed by atoms with Gasteiger partial charge in [0.2, 0.25) is 6.79 Å². The molecule has 5 N–H and O–H groups in total. The quantitative estimate of drug-likeness (QED) is 0.0963. The van der Waals surface area contributed by atoms with Gasteiger partial charge >= 0.3 is 5.97 Å². The van der Waals surface area contributed by atoms with Gasteiger partial charge in [0.05, 0.1) is 54.9 Å². The van der Waals surface area contributed by atoms with E-state index in [1.165, 1.54) is 13.8 Å². The predicted molar refractivity (Wildman–Crippen MR) is 173 cm³/mol. The molecule has 2 aliphatic rings. The minimum absolute atomic E-state index is 0.00777. The lowest BCUT2D eigenvalue weighted by Gasteiger charge is -2.47. The standard InChI is InChI=1S/C33H62N2O12/c1-12-24-33(8,41)28(38)20(4)25(34-44-17-43-14-13-42-11)18(2)16-32(7,40)29(21(5)26(36)22(6)30(39)46-24)47-31-27(37)23(35(9)10)15-19(3)45-31/h18-24,26-29,31,36-38,40-41H,12-17H2,1-11H3/t18-,19-,20+,21+,22-,23+,24?,26+,27-,28-,29-,31+,32-,33-/m1/s1. The monoisotopic (exact) mass is 678 g/mol. The lowest BCUT2D eigenvalue weighted by atomic mass is 9.73. The van der Waals surface area contributed by atoms with Crippen LogP contribution in [0.1, 0.15) is 74.7 Å². The number of esters is 1. The molecule has 1 unspecified atom stereocenters. The van der Waals surface area contributed by atoms with E-state index in [-0.39, 0.29) is 38.4 Å². The molecule has 2 heterocycles. The molecule has 0 saturated carbocycles. The van der Waals surface area contributed by atoms with Gasteiger partial charge in [-0.25, -0.2) is 0 Å². The molecule has 0 spiro atoms. The van der Waals surface area contributed by atoms with Crippen LogP contribution >= 0.6 is 0 Å². The van der Waals surface area contributed by atoms with Gasteiger partial charge in [-0.05, 0) is 61.1 Å². The number of hydrogen-bond donors (Lipinski definition) is 5. The van der Waals surface area contributed by atoms with Gasteiger partial charge in [0.25, 0.3) is 0 Å². The SMILES string of the molecule is CCC1OC(=O)[C@H](C)[C@@H](O)[C@H](C)[C@@H](O[C@@H]2O[C@H](C)C[C@H](N(C)C)[C@H]2O)[C@](C)(O)C[C@@H](C)C(=NOCOCCOC)[C@H](C)[C@@H](O)[C@]1(C)O. The number of nitrogens with zero attached hydrogens (tertiary/aromatic N) is 2. The summed E-state index contributed by atoms with van der Waals surface area (Å²) in [5.41, 5.74) is -3.32. The van der Waals surface area contributed by atoms with Crippen LogP contribution in [-0.4, -0.2) is 143 Å². The maximum atomic E-state index is 13.4. The van der Waals surface area contributed by atoms with Gasteiger partial charge in [0.1, 0.15) is 17.8 Å². The van der Waals surface area contributed by atoms with Crippen molar-refractivity contribution in [1.29, 1.82) is 0 Å². The molecule has 2 fully saturated rings. The number of carbonyl (C=O) groups is 1. The molecule has 14 atom stereocenters. The molecule has 0 aromatic carbocycles. The first-order valence-electron chi connectivity index (χ1n) is 16.7. The van der Waals surface area contributed by atoms with Crippen LogP contribution in [0, 0.1) is 23.7 Å². The fourth-order valence-corrected chi connectivity index (χ4v) is 6.93. The molecule has 0 radical (unpaired) electrons. The molecular weight excluding hydrogens is 616 g/mol. The number of hydrogen-bond acceptors (Lipinski definition) is 14. The van der Waals surface area contributed by atoms with Crippen molar-refractivity contribution < 1.29 is 58.8 Å². The zero-order chi connectivity index (χ0) is 35.9. The number of oxime groups is 1. The van der Waals surface area contributed by atoms with Crippen LogP contribution in [0.25, 0.3) is 0 Å². The van der Waals surface area contributed by atoms with Crippen LogP contribution in [0.5, 0.6) is 0 Å². The van der Waals surface area contributed by atoms with E-state index >= 15 is 0 Å². The van der Waals surface area contributed by atoms with E-state index in [9.17, 15) is 30.3 Å². The summed E-state index contributed by atoms with van der Waals surface area (Å²) in [5, 5.41) is 62.4. The third-order valence-corrected chi connectivity index (χ3v) is 9.85. The summed E-state index contributed by atoms with van der Waals surface area (Å²) in [6.07, 6.45) is -6.88. The maximum Gasteiger partial charge on any atom is 0.311 e. The van der Waals surface area contributed by atoms with E-state index in [0.29, 0.717) is 18.7 Å². The molecule has 47 heavy (non-hydrogen) atoms. The fraction of sp³-hybridized carbons (Fsp3) is 0.939. The third kappa shape index (κ3) is 10.5. The summed E-state index contributed by atoms with van der Waals surface area (Å²) in [6, 6.07) is -0.289. The second kappa shape index (κ2) is 18.0. The zero-order valence-electron chi connectivity index (χ0n) is 30.2. The second-order valence-electron chi connectivity index (χ2n) is 14.2. The molecule has 14 nitrogen and oxygen atoms in total. The number of rotatable bonds is 10. The minimum atomic E-state index is -1.91. The molecule has 0 amide bonds. The Hall–Kier alpha value is -1.46. The van der Waals surface area contributed by atoms with Crippen LogP contribution in [-0.2, 0) is 33.3 Å². The van der Waals surface area contributed by atoms with Crippen LogP contribution in [0.2, 0.25) is 0 Å². The van der Waals surface area contributed by atoms with Crippen molar-refractivity contribution in [3.8, 4) is 0 Å². The summed E-state index contributed by atoms with van der Waals surface area (Å²) in [5.74, 6) is -4.17. The van der Waals surface area contributed by atoms with Crippen molar-refractivity contribution in [2.75, 3.05) is 41.2 Å². The summed E-state index contributed by atoms with van der Waals surface area (Å²) >= 11 is 0. The molecule has 0 aromatic rings. The number of aliphatic hydroxyl groups excluding tert-OH is 3. The van der Waals surface area contributed by atoms with Gasteiger partial charge < -0.3 is 59.0 Å². The molecule has 0 bridgehead atoms. The summed E-state index contributed by atoms with van der Waals surface area (Å²) < 4.78 is 28.5. The topological polar surface area (TPSA) is 189 Å². The van der Waals surface area contributed by atoms with Gasteiger partial charge in [0, 0.05) is 30.9 Å². The number of cyclic esters (lactones) is 1. The Balaban J connectivity index is 2.61. The summed E-state index contributed by atoms with van der Waals surface area (Å²) in [7, 11) is 5.25. The van der Waals surface area contributed by atoms with Crippen LogP contribution < -0.4 is 0 Å². The Morgan fingerprint density at radius 1 is 1.00 bits per heavy atom. The highest BCUT2D eigenvalue weighted by molar-refractivity contribution is 5.88. The number of aliphatic hydroxyl groups is 5. The minimum Gasteiger partial charge on any atom is -0.459 e. The normalized spacial score (nSPS) is 43.9. The summed E-state index contributed by atoms with van der Waals surface area (Å²) in [6.45, 7) is 13.5. The van der Waals surface area contributed by atoms with E-state index in [2.05, 4.69) is 5.16 Å². The Bertz CT molecular complexity index is 995. The molecule has 14 heteroatoms. The van der Waals surface area contributed by atoms with Crippen molar-refractivity contribution in [2.24, 2.45) is 28.8 Å². The fourth-order valence-electron chi connectivity index (χ4n) is 6.93. The van der Waals surface area contributed by atoms with E-state index in [1.807, 2.05) is 25.9 Å². The highest BCUT2D eigenvalue weighted by Gasteiger charge is 2.51. The largest absolute Gasteiger partial charge is 0.459 e. The Morgan fingerprint density at radius 3 is 2.21 bits per heavy atom. The molecule has 2 aliphatic heterocycles. The lowest BCUT2D eigenvalue weighted by Crippen LogP contribution is -2.60. The number of methoxy groups -OCH3 is 1. The first kappa shape index (κ1) is 41.7. The molecule has 2 rings (SSSR count). The van der Waals surface area contributed by atoms with E-state index in [0.717, 1.165) is 0 Å². The smallest absolute Gasteiger partial charge is 0.311 e. The second-order valence-corrected chi connectivity index (χ2v) is 14.2. The third-order valence-electron chi connectivity index (χ3n) is 9.85. The van der Waals surface area contributed by atoms with Crippen molar-refractivity contribution >= 4 is 11.7 Å². The average molecular weight is 679 g/mol. The van der Waals surface area contributed by atoms with Gasteiger partial charge in [-0.3, -0.25) is 4.79 Å². The average Bonchev–Trinajstić information content (AvgIpc) is 3.00. The Morgan fingerprint density at radius 2 is 1.64 bits per heavy atom. The molecule has 0 aromatic heterocycles. The lowest BCUT2D eigenvalue weighted by molar-refractivity contribution is -0.298. The van der Waals surface area contributed by atoms with Crippen LogP contribution in [0.3, 0.4) is 0 Å². The molecule has 0 aliphatic carbocycles. The van der Waals surface area contributed by atoms with Crippen molar-refractivity contribution in [3.05, 3.63) is 0 Å². The van der Waals surface area contributed by atoms with Gasteiger partial charge in [-0.2, -0.15) is 0 Å². The van der Waals surface area contributed by atoms with Crippen molar-refractivity contribution in [1.82, 2.24) is 4.90 Å². The number of ether oxygens (including phenoxy) is 5. The Labute approximate surface area is 280 Å². The van der Waals surface area contributed by atoms with E-state index in [4.69, 9.17) is 28.5 Å². The van der Waals surface area contributed by atoms with Gasteiger partial charge in [-0.1, -0.05) is 32.9 Å². The van der Waals surface area contributed by atoms with Gasteiger partial charge in [0.15, 0.2) is 6.29 Å². The van der Waals surface area contributed by atoms with E-state index in [1.54, 1.807) is 41.7 Å². The number of carbonyl (C=O) groups excluding carboxylic acids is 1. The van der Waals surface area contributed by atoms with Crippen LogP contribution in [0.4, 0.5) is 0 Å². The number of likely N-dealkylation sites (N-methyl/N-ethyl adjacent to an activating group) is 1. The van der Waals surface area contributed by atoms with Gasteiger partial charge in [-0.15, -0.1) is 0 Å². The predicted octanol–water partition coefficient (Wildman–Crippen LogP) is 1.28. The summed E-state index contributed by atoms with van der Waals surface area (Å²) in [4.78, 5) is 20.8. The Kier molecular flexibility index (Phi) is 16.0. The first-order valence-corrected chi connectivity index (χ1v) is 16.7.